The van der Waals surface area contributed by atoms with Gasteiger partial charge in [-0.1, -0.05) is 32.4 Å². The van der Waals surface area contributed by atoms with Gasteiger partial charge in [-0.25, -0.2) is 0 Å². The van der Waals surface area contributed by atoms with Crippen LogP contribution in [0.25, 0.3) is 0 Å². The highest BCUT2D eigenvalue weighted by atomic mass is 16.3. The molecule has 0 aromatic heterocycles. The highest BCUT2D eigenvalue weighted by Gasteiger charge is 2.30. The summed E-state index contributed by atoms with van der Waals surface area (Å²) < 4.78 is 0. The molecule has 0 fully saturated rings. The maximum atomic E-state index is 11.8. The third-order valence-electron chi connectivity index (χ3n) is 3.68. The largest absolute Gasteiger partial charge is 0.388 e. The van der Waals surface area contributed by atoms with Crippen LogP contribution in [-0.2, 0) is 4.79 Å². The molecule has 2 rings (SSSR count). The maximum Gasteiger partial charge on any atom is 0.232 e. The average molecular weight is 247 g/mol. The van der Waals surface area contributed by atoms with Gasteiger partial charge >= 0.3 is 0 Å². The zero-order valence-corrected chi connectivity index (χ0v) is 11.3. The first-order valence-corrected chi connectivity index (χ1v) is 6.71. The van der Waals surface area contributed by atoms with Gasteiger partial charge in [0.05, 0.1) is 12.0 Å². The number of carbonyl (C=O) groups is 1. The zero-order valence-electron chi connectivity index (χ0n) is 11.3. The summed E-state index contributed by atoms with van der Waals surface area (Å²) >= 11 is 0. The topological polar surface area (TPSA) is 49.3 Å². The Hall–Kier alpha value is -1.35. The SMILES string of the molecule is CCCC(O)c1cc(C)c2c(c1)C(CC)C(=O)N2. The smallest absolute Gasteiger partial charge is 0.232 e. The second-order valence-electron chi connectivity index (χ2n) is 5.06. The number of nitrogens with one attached hydrogen (secondary N) is 1. The van der Waals surface area contributed by atoms with Gasteiger partial charge in [0, 0.05) is 5.69 Å². The van der Waals surface area contributed by atoms with Crippen LogP contribution in [0, 0.1) is 6.92 Å². The number of benzene rings is 1. The fraction of sp³-hybridized carbons (Fsp3) is 0.533. The molecular weight excluding hydrogens is 226 g/mol. The monoisotopic (exact) mass is 247 g/mol. The van der Waals surface area contributed by atoms with Crippen LogP contribution in [0.2, 0.25) is 0 Å². The highest BCUT2D eigenvalue weighted by Crippen LogP contribution is 2.39. The lowest BCUT2D eigenvalue weighted by molar-refractivity contribution is -0.117. The molecule has 0 bridgehead atoms. The predicted octanol–water partition coefficient (Wildman–Crippen LogP) is 3.27. The van der Waals surface area contributed by atoms with Crippen LogP contribution in [0.5, 0.6) is 0 Å². The summed E-state index contributed by atoms with van der Waals surface area (Å²) in [6.45, 7) is 6.06. The molecular formula is C15H21NO2. The minimum absolute atomic E-state index is 0.0625. The number of hydrogen-bond donors (Lipinski definition) is 2. The van der Waals surface area contributed by atoms with Crippen molar-refractivity contribution in [3.8, 4) is 0 Å². The summed E-state index contributed by atoms with van der Waals surface area (Å²) in [4.78, 5) is 11.8. The fourth-order valence-corrected chi connectivity index (χ4v) is 2.68. The minimum Gasteiger partial charge on any atom is -0.388 e. The molecule has 2 atom stereocenters. The zero-order chi connectivity index (χ0) is 13.3. The molecule has 0 saturated heterocycles. The van der Waals surface area contributed by atoms with Crippen LogP contribution >= 0.6 is 0 Å². The van der Waals surface area contributed by atoms with Gasteiger partial charge in [-0.05, 0) is 36.5 Å². The molecule has 1 heterocycles. The van der Waals surface area contributed by atoms with E-state index >= 15 is 0 Å². The van der Waals surface area contributed by atoms with Crippen LogP contribution < -0.4 is 5.32 Å². The molecule has 3 nitrogen and oxygen atoms in total. The Kier molecular flexibility index (Phi) is 3.71. The quantitative estimate of drug-likeness (QED) is 0.857. The normalized spacial score (nSPS) is 19.6. The molecule has 18 heavy (non-hydrogen) atoms. The van der Waals surface area contributed by atoms with Crippen molar-refractivity contribution >= 4 is 11.6 Å². The van der Waals surface area contributed by atoms with Crippen LogP contribution in [0.4, 0.5) is 5.69 Å². The van der Waals surface area contributed by atoms with Crippen molar-refractivity contribution < 1.29 is 9.90 Å². The van der Waals surface area contributed by atoms with E-state index in [9.17, 15) is 9.90 Å². The maximum absolute atomic E-state index is 11.8. The molecule has 1 aliphatic rings. The molecule has 1 aromatic carbocycles. The summed E-state index contributed by atoms with van der Waals surface area (Å²) in [6, 6.07) is 3.98. The van der Waals surface area contributed by atoms with Gasteiger partial charge < -0.3 is 10.4 Å². The summed E-state index contributed by atoms with van der Waals surface area (Å²) in [5, 5.41) is 13.0. The number of hydrogen-bond acceptors (Lipinski definition) is 2. The van der Waals surface area contributed by atoms with Gasteiger partial charge in [0.25, 0.3) is 0 Å². The van der Waals surface area contributed by atoms with Gasteiger partial charge in [0.1, 0.15) is 0 Å². The van der Waals surface area contributed by atoms with Crippen molar-refractivity contribution in [3.63, 3.8) is 0 Å². The molecule has 2 N–H and O–H groups in total. The van der Waals surface area contributed by atoms with Crippen LogP contribution in [0.1, 0.15) is 61.8 Å². The van der Waals surface area contributed by atoms with Crippen LogP contribution in [0.15, 0.2) is 12.1 Å². The Morgan fingerprint density at radius 1 is 1.39 bits per heavy atom. The number of aliphatic hydroxyl groups is 1. The molecule has 0 saturated carbocycles. The van der Waals surface area contributed by atoms with E-state index in [1.165, 1.54) is 0 Å². The van der Waals surface area contributed by atoms with Gasteiger partial charge in [-0.15, -0.1) is 0 Å². The van der Waals surface area contributed by atoms with Gasteiger partial charge in [-0.3, -0.25) is 4.79 Å². The summed E-state index contributed by atoms with van der Waals surface area (Å²) in [5.74, 6) is 0.0187. The molecule has 3 heteroatoms. The van der Waals surface area contributed by atoms with Gasteiger partial charge in [0.2, 0.25) is 5.91 Å². The van der Waals surface area contributed by atoms with E-state index in [-0.39, 0.29) is 11.8 Å². The second kappa shape index (κ2) is 5.11. The first-order valence-electron chi connectivity index (χ1n) is 6.71. The number of amides is 1. The standard InChI is InChI=1S/C15H21NO2/c1-4-6-13(17)10-7-9(3)14-12(8-10)11(5-2)15(18)16-14/h7-8,11,13,17H,4-6H2,1-3H3,(H,16,18). The third-order valence-corrected chi connectivity index (χ3v) is 3.68. The Labute approximate surface area is 108 Å². The van der Waals surface area contributed by atoms with E-state index in [0.29, 0.717) is 0 Å². The van der Waals surface area contributed by atoms with E-state index < -0.39 is 6.10 Å². The molecule has 0 radical (unpaired) electrons. The number of fused-ring (bicyclic) bond motifs is 1. The van der Waals surface area contributed by atoms with Gasteiger partial charge in [-0.2, -0.15) is 0 Å². The van der Waals surface area contributed by atoms with Crippen molar-refractivity contribution in [1.29, 1.82) is 0 Å². The Bertz CT molecular complexity index is 468. The molecule has 1 aromatic rings. The highest BCUT2D eigenvalue weighted by molar-refractivity contribution is 6.03. The van der Waals surface area contributed by atoms with Crippen molar-refractivity contribution in [2.45, 2.75) is 52.1 Å². The lowest BCUT2D eigenvalue weighted by Crippen LogP contribution is -2.10. The molecule has 0 aliphatic carbocycles. The third kappa shape index (κ3) is 2.15. The molecule has 1 amide bonds. The van der Waals surface area contributed by atoms with E-state index in [1.54, 1.807) is 0 Å². The minimum atomic E-state index is -0.424. The Balaban J connectivity index is 2.42. The number of aliphatic hydroxyl groups excluding tert-OH is 1. The van der Waals surface area contributed by atoms with Crippen molar-refractivity contribution in [1.82, 2.24) is 0 Å². The summed E-state index contributed by atoms with van der Waals surface area (Å²) in [5.41, 5.74) is 3.97. The van der Waals surface area contributed by atoms with Crippen molar-refractivity contribution in [2.24, 2.45) is 0 Å². The summed E-state index contributed by atoms with van der Waals surface area (Å²) in [7, 11) is 0. The van der Waals surface area contributed by atoms with Crippen LogP contribution in [-0.4, -0.2) is 11.0 Å². The first kappa shape index (κ1) is 13.1. The lowest BCUT2D eigenvalue weighted by atomic mass is 9.92. The fourth-order valence-electron chi connectivity index (χ4n) is 2.68. The molecule has 1 aliphatic heterocycles. The molecule has 98 valence electrons. The first-order chi connectivity index (χ1) is 8.58. The number of aryl methyl sites for hydroxylation is 1. The molecule has 0 spiro atoms. The van der Waals surface area contributed by atoms with Gasteiger partial charge in [0.15, 0.2) is 0 Å². The predicted molar refractivity (Wildman–Crippen MR) is 72.7 cm³/mol. The van der Waals surface area contributed by atoms with E-state index in [4.69, 9.17) is 0 Å². The summed E-state index contributed by atoms with van der Waals surface area (Å²) in [6.07, 6.45) is 2.08. The average Bonchev–Trinajstić information content (AvgIpc) is 2.65. The molecule has 2 unspecified atom stereocenters. The number of carbonyl (C=O) groups excluding carboxylic acids is 1. The second-order valence-corrected chi connectivity index (χ2v) is 5.06. The van der Waals surface area contributed by atoms with E-state index in [0.717, 1.165) is 41.6 Å². The van der Waals surface area contributed by atoms with E-state index in [2.05, 4.69) is 12.2 Å². The lowest BCUT2D eigenvalue weighted by Gasteiger charge is -2.14. The number of rotatable bonds is 4. The number of anilines is 1. The van der Waals surface area contributed by atoms with Crippen LogP contribution in [0.3, 0.4) is 0 Å². The van der Waals surface area contributed by atoms with E-state index in [1.807, 2.05) is 26.0 Å². The van der Waals surface area contributed by atoms with Crippen molar-refractivity contribution in [2.75, 3.05) is 5.32 Å². The Morgan fingerprint density at radius 3 is 2.72 bits per heavy atom. The van der Waals surface area contributed by atoms with Crippen molar-refractivity contribution in [3.05, 3.63) is 28.8 Å². The Morgan fingerprint density at radius 2 is 2.11 bits per heavy atom.